The van der Waals surface area contributed by atoms with E-state index in [0.717, 1.165) is 35.8 Å². The lowest BCUT2D eigenvalue weighted by Crippen LogP contribution is -2.20. The van der Waals surface area contributed by atoms with Crippen LogP contribution in [0.1, 0.15) is 37.7 Å². The second-order valence-electron chi connectivity index (χ2n) is 4.85. The first-order chi connectivity index (χ1) is 9.67. The van der Waals surface area contributed by atoms with E-state index >= 15 is 0 Å². The first-order valence-corrected chi connectivity index (χ1v) is 6.97. The molecule has 2 rings (SSSR count). The SMILES string of the molecule is CCCNC(C)c1nnn(-c2ccc(OC)cc2)c1C. The van der Waals surface area contributed by atoms with Gasteiger partial charge in [0.2, 0.25) is 0 Å². The Labute approximate surface area is 120 Å². The quantitative estimate of drug-likeness (QED) is 0.880. The Bertz CT molecular complexity index is 548. The maximum absolute atomic E-state index is 5.17. The topological polar surface area (TPSA) is 52.0 Å². The molecule has 0 aliphatic carbocycles. The van der Waals surface area contributed by atoms with E-state index in [4.69, 9.17) is 4.74 Å². The molecule has 0 radical (unpaired) electrons. The van der Waals surface area contributed by atoms with Gasteiger partial charge in [-0.05, 0) is 51.1 Å². The van der Waals surface area contributed by atoms with E-state index in [1.54, 1.807) is 7.11 Å². The molecular formula is C15H22N4O. The van der Waals surface area contributed by atoms with Gasteiger partial charge in [-0.1, -0.05) is 12.1 Å². The summed E-state index contributed by atoms with van der Waals surface area (Å²) in [6.45, 7) is 7.30. The van der Waals surface area contributed by atoms with Crippen LogP contribution in [0.15, 0.2) is 24.3 Å². The molecule has 0 bridgehead atoms. The maximum Gasteiger partial charge on any atom is 0.119 e. The second kappa shape index (κ2) is 6.52. The van der Waals surface area contributed by atoms with Crippen molar-refractivity contribution < 1.29 is 4.74 Å². The average Bonchev–Trinajstić information content (AvgIpc) is 2.86. The molecule has 5 nitrogen and oxygen atoms in total. The van der Waals surface area contributed by atoms with Crippen molar-refractivity contribution in [3.8, 4) is 11.4 Å². The van der Waals surface area contributed by atoms with Crippen molar-refractivity contribution in [2.24, 2.45) is 0 Å². The summed E-state index contributed by atoms with van der Waals surface area (Å²) >= 11 is 0. The molecule has 1 heterocycles. The van der Waals surface area contributed by atoms with Crippen molar-refractivity contribution >= 4 is 0 Å². The molecule has 1 aromatic heterocycles. The van der Waals surface area contributed by atoms with Crippen LogP contribution in [-0.4, -0.2) is 28.6 Å². The molecule has 5 heteroatoms. The van der Waals surface area contributed by atoms with E-state index in [1.807, 2.05) is 35.9 Å². The normalized spacial score (nSPS) is 12.4. The van der Waals surface area contributed by atoms with Gasteiger partial charge in [0.1, 0.15) is 11.4 Å². The number of nitrogens with zero attached hydrogens (tertiary/aromatic N) is 3. The van der Waals surface area contributed by atoms with Gasteiger partial charge >= 0.3 is 0 Å². The molecule has 0 aliphatic heterocycles. The van der Waals surface area contributed by atoms with Crippen molar-refractivity contribution in [1.82, 2.24) is 20.3 Å². The largest absolute Gasteiger partial charge is 0.497 e. The Kier molecular flexibility index (Phi) is 4.74. The number of hydrogen-bond acceptors (Lipinski definition) is 4. The van der Waals surface area contributed by atoms with Gasteiger partial charge in [-0.15, -0.1) is 5.10 Å². The fourth-order valence-corrected chi connectivity index (χ4v) is 2.17. The van der Waals surface area contributed by atoms with Gasteiger partial charge in [0, 0.05) is 0 Å². The Morgan fingerprint density at radius 3 is 2.60 bits per heavy atom. The fourth-order valence-electron chi connectivity index (χ4n) is 2.17. The summed E-state index contributed by atoms with van der Waals surface area (Å²) in [5, 5.41) is 12.0. The molecule has 0 spiro atoms. The Balaban J connectivity index is 2.23. The summed E-state index contributed by atoms with van der Waals surface area (Å²) in [5.74, 6) is 0.838. The Morgan fingerprint density at radius 1 is 1.30 bits per heavy atom. The first-order valence-electron chi connectivity index (χ1n) is 6.97. The molecule has 1 unspecified atom stereocenters. The summed E-state index contributed by atoms with van der Waals surface area (Å²) in [7, 11) is 1.66. The van der Waals surface area contributed by atoms with Crippen molar-refractivity contribution in [2.75, 3.05) is 13.7 Å². The van der Waals surface area contributed by atoms with Gasteiger partial charge in [-0.25, -0.2) is 4.68 Å². The second-order valence-corrected chi connectivity index (χ2v) is 4.85. The molecule has 20 heavy (non-hydrogen) atoms. The number of nitrogens with one attached hydrogen (secondary N) is 1. The minimum absolute atomic E-state index is 0.210. The van der Waals surface area contributed by atoms with Crippen LogP contribution in [0.2, 0.25) is 0 Å². The van der Waals surface area contributed by atoms with Crippen molar-refractivity contribution in [2.45, 2.75) is 33.2 Å². The molecule has 0 aliphatic rings. The van der Waals surface area contributed by atoms with E-state index in [1.165, 1.54) is 0 Å². The summed E-state index contributed by atoms with van der Waals surface area (Å²) in [5.41, 5.74) is 3.05. The predicted octanol–water partition coefficient (Wildman–Crippen LogP) is 2.64. The lowest BCUT2D eigenvalue weighted by molar-refractivity contribution is 0.414. The van der Waals surface area contributed by atoms with Crippen LogP contribution in [0, 0.1) is 6.92 Å². The number of methoxy groups -OCH3 is 1. The lowest BCUT2D eigenvalue weighted by Gasteiger charge is -2.11. The Morgan fingerprint density at radius 2 is 2.00 bits per heavy atom. The zero-order chi connectivity index (χ0) is 14.5. The van der Waals surface area contributed by atoms with Gasteiger partial charge in [0.15, 0.2) is 0 Å². The molecule has 2 aromatic rings. The minimum Gasteiger partial charge on any atom is -0.497 e. The highest BCUT2D eigenvalue weighted by atomic mass is 16.5. The number of benzene rings is 1. The van der Waals surface area contributed by atoms with Crippen LogP contribution in [0.5, 0.6) is 5.75 Å². The zero-order valence-electron chi connectivity index (χ0n) is 12.6. The predicted molar refractivity (Wildman–Crippen MR) is 79.4 cm³/mol. The average molecular weight is 274 g/mol. The van der Waals surface area contributed by atoms with E-state index in [0.29, 0.717) is 0 Å². The van der Waals surface area contributed by atoms with E-state index < -0.39 is 0 Å². The summed E-state index contributed by atoms with van der Waals surface area (Å²) in [6.07, 6.45) is 1.11. The molecule has 108 valence electrons. The number of aromatic nitrogens is 3. The molecule has 1 atom stereocenters. The zero-order valence-corrected chi connectivity index (χ0v) is 12.6. The van der Waals surface area contributed by atoms with Crippen LogP contribution in [0.3, 0.4) is 0 Å². The highest BCUT2D eigenvalue weighted by molar-refractivity contribution is 5.38. The number of rotatable bonds is 6. The standard InChI is InChI=1S/C15H22N4O/c1-5-10-16-11(2)15-12(3)19(18-17-15)13-6-8-14(20-4)9-7-13/h6-9,11,16H,5,10H2,1-4H3. The highest BCUT2D eigenvalue weighted by Crippen LogP contribution is 2.19. The van der Waals surface area contributed by atoms with Gasteiger partial charge in [0.25, 0.3) is 0 Å². The molecule has 1 aromatic carbocycles. The third-order valence-electron chi connectivity index (χ3n) is 3.36. The highest BCUT2D eigenvalue weighted by Gasteiger charge is 2.15. The molecule has 0 saturated carbocycles. The van der Waals surface area contributed by atoms with Crippen LogP contribution >= 0.6 is 0 Å². The fraction of sp³-hybridized carbons (Fsp3) is 0.467. The van der Waals surface area contributed by atoms with E-state index in [-0.39, 0.29) is 6.04 Å². The van der Waals surface area contributed by atoms with Crippen LogP contribution in [0.4, 0.5) is 0 Å². The van der Waals surface area contributed by atoms with Crippen molar-refractivity contribution in [1.29, 1.82) is 0 Å². The van der Waals surface area contributed by atoms with Crippen LogP contribution in [-0.2, 0) is 0 Å². The first kappa shape index (κ1) is 14.5. The molecule has 0 fully saturated rings. The third-order valence-corrected chi connectivity index (χ3v) is 3.36. The molecule has 1 N–H and O–H groups in total. The van der Waals surface area contributed by atoms with Crippen molar-refractivity contribution in [3.05, 3.63) is 35.7 Å². The summed E-state index contributed by atoms with van der Waals surface area (Å²) in [4.78, 5) is 0. The molecule has 0 amide bonds. The summed E-state index contributed by atoms with van der Waals surface area (Å²) in [6, 6.07) is 8.02. The minimum atomic E-state index is 0.210. The van der Waals surface area contributed by atoms with Crippen LogP contribution in [0.25, 0.3) is 5.69 Å². The van der Waals surface area contributed by atoms with Gasteiger partial charge < -0.3 is 10.1 Å². The van der Waals surface area contributed by atoms with Gasteiger partial charge in [-0.2, -0.15) is 0 Å². The van der Waals surface area contributed by atoms with Crippen LogP contribution < -0.4 is 10.1 Å². The third kappa shape index (κ3) is 2.99. The van der Waals surface area contributed by atoms with E-state index in [9.17, 15) is 0 Å². The molecular weight excluding hydrogens is 252 g/mol. The van der Waals surface area contributed by atoms with Crippen molar-refractivity contribution in [3.63, 3.8) is 0 Å². The smallest absolute Gasteiger partial charge is 0.119 e. The number of ether oxygens (including phenoxy) is 1. The number of hydrogen-bond donors (Lipinski definition) is 1. The van der Waals surface area contributed by atoms with Gasteiger partial charge in [0.05, 0.1) is 24.5 Å². The Hall–Kier alpha value is -1.88. The lowest BCUT2D eigenvalue weighted by atomic mass is 10.2. The van der Waals surface area contributed by atoms with Gasteiger partial charge in [-0.3, -0.25) is 0 Å². The molecule has 0 saturated heterocycles. The van der Waals surface area contributed by atoms with E-state index in [2.05, 4.69) is 29.5 Å². The monoisotopic (exact) mass is 274 g/mol. The summed E-state index contributed by atoms with van der Waals surface area (Å²) < 4.78 is 7.03. The maximum atomic E-state index is 5.17.